The highest BCUT2D eigenvalue weighted by Crippen LogP contribution is 2.41. The molecule has 1 atom stereocenters. The Balaban J connectivity index is 1.35. The summed E-state index contributed by atoms with van der Waals surface area (Å²) >= 11 is 0. The van der Waals surface area contributed by atoms with Gasteiger partial charge in [0, 0.05) is 0 Å². The lowest BCUT2D eigenvalue weighted by Crippen LogP contribution is -2.23. The van der Waals surface area contributed by atoms with Crippen LogP contribution in [0.1, 0.15) is 122 Å². The molecule has 0 saturated heterocycles. The summed E-state index contributed by atoms with van der Waals surface area (Å²) < 4.78 is 20.0. The maximum atomic E-state index is 14.4. The first-order valence-electron chi connectivity index (χ1n) is 14.3. The Hall–Kier alpha value is -1.31. The third-order valence-electron chi connectivity index (χ3n) is 8.31. The Morgan fingerprint density at radius 2 is 1.64 bits per heavy atom. The minimum atomic E-state index is -0.206. The van der Waals surface area contributed by atoms with Gasteiger partial charge in [-0.15, -0.1) is 0 Å². The molecule has 0 aliphatic heterocycles. The van der Waals surface area contributed by atoms with Crippen molar-refractivity contribution in [2.24, 2.45) is 17.8 Å². The second-order valence-electron chi connectivity index (χ2n) is 10.8. The molecule has 1 aromatic carbocycles. The second kappa shape index (κ2) is 14.8. The smallest absolute Gasteiger partial charge is 0.165 e. The van der Waals surface area contributed by atoms with Gasteiger partial charge in [-0.3, -0.25) is 0 Å². The van der Waals surface area contributed by atoms with Gasteiger partial charge in [0.1, 0.15) is 0 Å². The molecule has 1 unspecified atom stereocenters. The van der Waals surface area contributed by atoms with Gasteiger partial charge in [0.15, 0.2) is 11.6 Å². The standard InChI is InChI=1S/C31H49FO/c1-3-5-7-8-10-25-13-18-28(19-14-25)29-20-15-26(16-21-29)11-12-27-17-22-31(30(32)24-27)33-23-9-6-4-2/h15,17,22,24-25,28-29H,3-14,16,18-21,23H2,1-2H3/t25-,28-,29?. The quantitative estimate of drug-likeness (QED) is 0.200. The van der Waals surface area contributed by atoms with Gasteiger partial charge in [-0.25, -0.2) is 4.39 Å². The normalized spacial score (nSPS) is 23.4. The second-order valence-corrected chi connectivity index (χ2v) is 10.8. The van der Waals surface area contributed by atoms with E-state index >= 15 is 0 Å². The maximum Gasteiger partial charge on any atom is 0.165 e. The van der Waals surface area contributed by atoms with E-state index in [1.165, 1.54) is 77.0 Å². The van der Waals surface area contributed by atoms with Gasteiger partial charge in [0.2, 0.25) is 0 Å². The summed E-state index contributed by atoms with van der Waals surface area (Å²) in [5.41, 5.74) is 2.69. The van der Waals surface area contributed by atoms with E-state index < -0.39 is 0 Å². The monoisotopic (exact) mass is 456 g/mol. The van der Waals surface area contributed by atoms with Crippen LogP contribution < -0.4 is 4.74 Å². The van der Waals surface area contributed by atoms with E-state index in [0.717, 1.165) is 55.4 Å². The van der Waals surface area contributed by atoms with E-state index in [-0.39, 0.29) is 5.82 Å². The van der Waals surface area contributed by atoms with Crippen molar-refractivity contribution in [3.05, 3.63) is 41.2 Å². The lowest BCUT2D eigenvalue weighted by molar-refractivity contribution is 0.185. The largest absolute Gasteiger partial charge is 0.491 e. The summed E-state index contributed by atoms with van der Waals surface area (Å²) in [5, 5.41) is 0. The van der Waals surface area contributed by atoms with Gasteiger partial charge in [0.05, 0.1) is 6.61 Å². The molecule has 2 heteroatoms. The number of unbranched alkanes of at least 4 members (excludes halogenated alkanes) is 5. The van der Waals surface area contributed by atoms with Gasteiger partial charge in [-0.2, -0.15) is 0 Å². The van der Waals surface area contributed by atoms with Crippen LogP contribution in [0.3, 0.4) is 0 Å². The first-order chi connectivity index (χ1) is 16.2. The van der Waals surface area contributed by atoms with Gasteiger partial charge in [-0.1, -0.05) is 89.4 Å². The topological polar surface area (TPSA) is 9.23 Å². The van der Waals surface area contributed by atoms with Gasteiger partial charge in [-0.05, 0) is 86.8 Å². The fourth-order valence-corrected chi connectivity index (χ4v) is 6.03. The molecule has 33 heavy (non-hydrogen) atoms. The number of halogens is 1. The van der Waals surface area contributed by atoms with Crippen molar-refractivity contribution in [2.45, 2.75) is 123 Å². The van der Waals surface area contributed by atoms with Crippen molar-refractivity contribution in [3.63, 3.8) is 0 Å². The Kier molecular flexibility index (Phi) is 11.8. The maximum absolute atomic E-state index is 14.4. The molecule has 0 amide bonds. The molecular weight excluding hydrogens is 407 g/mol. The van der Waals surface area contributed by atoms with Crippen LogP contribution in [0.25, 0.3) is 0 Å². The Morgan fingerprint density at radius 1 is 0.848 bits per heavy atom. The summed E-state index contributed by atoms with van der Waals surface area (Å²) in [5.74, 6) is 3.10. The third-order valence-corrected chi connectivity index (χ3v) is 8.31. The minimum Gasteiger partial charge on any atom is -0.491 e. The molecule has 2 aliphatic rings. The first kappa shape index (κ1) is 26.3. The highest BCUT2D eigenvalue weighted by Gasteiger charge is 2.28. The summed E-state index contributed by atoms with van der Waals surface area (Å²) in [6.07, 6.45) is 24.8. The van der Waals surface area contributed by atoms with Crippen molar-refractivity contribution >= 4 is 0 Å². The zero-order valence-electron chi connectivity index (χ0n) is 21.6. The Bertz CT molecular complexity index is 701. The fraction of sp³-hybridized carbons (Fsp3) is 0.742. The number of allylic oxidation sites excluding steroid dienone is 2. The molecular formula is C31H49FO. The molecule has 0 N–H and O–H groups in total. The molecule has 3 rings (SSSR count). The van der Waals surface area contributed by atoms with E-state index in [9.17, 15) is 4.39 Å². The van der Waals surface area contributed by atoms with Crippen LogP contribution >= 0.6 is 0 Å². The lowest BCUT2D eigenvalue weighted by Gasteiger charge is -2.35. The molecule has 1 aromatic rings. The molecule has 186 valence electrons. The van der Waals surface area contributed by atoms with Crippen molar-refractivity contribution < 1.29 is 9.13 Å². The average Bonchev–Trinajstić information content (AvgIpc) is 2.85. The van der Waals surface area contributed by atoms with E-state index in [4.69, 9.17) is 4.74 Å². The number of rotatable bonds is 14. The van der Waals surface area contributed by atoms with Crippen LogP contribution in [0, 0.1) is 23.6 Å². The molecule has 0 bridgehead atoms. The number of ether oxygens (including phenoxy) is 1. The van der Waals surface area contributed by atoms with E-state index in [1.807, 2.05) is 12.1 Å². The molecule has 0 radical (unpaired) electrons. The predicted octanol–water partition coefficient (Wildman–Crippen LogP) is 9.83. The van der Waals surface area contributed by atoms with E-state index in [2.05, 4.69) is 19.9 Å². The first-order valence-corrected chi connectivity index (χ1v) is 14.3. The van der Waals surface area contributed by atoms with Crippen molar-refractivity contribution in [1.82, 2.24) is 0 Å². The van der Waals surface area contributed by atoms with Crippen molar-refractivity contribution in [3.8, 4) is 5.75 Å². The third kappa shape index (κ3) is 9.10. The van der Waals surface area contributed by atoms with Gasteiger partial charge < -0.3 is 4.74 Å². The number of benzene rings is 1. The van der Waals surface area contributed by atoms with Crippen LogP contribution in [0.2, 0.25) is 0 Å². The fourth-order valence-electron chi connectivity index (χ4n) is 6.03. The molecule has 0 heterocycles. The average molecular weight is 457 g/mol. The lowest BCUT2D eigenvalue weighted by atomic mass is 9.70. The number of aryl methyl sites for hydroxylation is 1. The minimum absolute atomic E-state index is 0.206. The Morgan fingerprint density at radius 3 is 2.33 bits per heavy atom. The van der Waals surface area contributed by atoms with Crippen LogP contribution in [0.15, 0.2) is 29.8 Å². The van der Waals surface area contributed by atoms with Crippen LogP contribution in [0.4, 0.5) is 4.39 Å². The Labute approximate surface area is 203 Å². The van der Waals surface area contributed by atoms with Crippen molar-refractivity contribution in [1.29, 1.82) is 0 Å². The zero-order chi connectivity index (χ0) is 23.3. The highest BCUT2D eigenvalue weighted by atomic mass is 19.1. The van der Waals surface area contributed by atoms with Crippen LogP contribution in [0.5, 0.6) is 5.75 Å². The predicted molar refractivity (Wildman–Crippen MR) is 139 cm³/mol. The van der Waals surface area contributed by atoms with Gasteiger partial charge >= 0.3 is 0 Å². The van der Waals surface area contributed by atoms with E-state index in [1.54, 1.807) is 11.6 Å². The molecule has 2 aliphatic carbocycles. The number of hydrogen-bond acceptors (Lipinski definition) is 1. The molecule has 0 aromatic heterocycles. The molecule has 1 saturated carbocycles. The van der Waals surface area contributed by atoms with Crippen LogP contribution in [-0.2, 0) is 6.42 Å². The summed E-state index contributed by atoms with van der Waals surface area (Å²) in [4.78, 5) is 0. The van der Waals surface area contributed by atoms with Gasteiger partial charge in [0.25, 0.3) is 0 Å². The van der Waals surface area contributed by atoms with Crippen molar-refractivity contribution in [2.75, 3.05) is 6.61 Å². The van der Waals surface area contributed by atoms with E-state index in [0.29, 0.717) is 12.4 Å². The summed E-state index contributed by atoms with van der Waals surface area (Å²) in [6, 6.07) is 5.55. The SMILES string of the molecule is CCCCCC[C@H]1CC[C@H](C2CC=C(CCc3ccc(OCCCCC)c(F)c3)CC2)CC1. The number of hydrogen-bond donors (Lipinski definition) is 0. The molecule has 0 spiro atoms. The zero-order valence-corrected chi connectivity index (χ0v) is 21.6. The van der Waals surface area contributed by atoms with Crippen LogP contribution in [-0.4, -0.2) is 6.61 Å². The molecule has 1 fully saturated rings. The molecule has 1 nitrogen and oxygen atoms in total. The summed E-state index contributed by atoms with van der Waals surface area (Å²) in [6.45, 7) is 5.08. The highest BCUT2D eigenvalue weighted by molar-refractivity contribution is 5.30. The summed E-state index contributed by atoms with van der Waals surface area (Å²) in [7, 11) is 0.